The first-order chi connectivity index (χ1) is 8.34. The maximum atomic E-state index is 10.9. The van der Waals surface area contributed by atoms with Crippen LogP contribution in [0, 0.1) is 10.8 Å². The van der Waals surface area contributed by atoms with E-state index in [0.717, 1.165) is 5.56 Å². The van der Waals surface area contributed by atoms with Crippen molar-refractivity contribution in [1.82, 2.24) is 0 Å². The quantitative estimate of drug-likeness (QED) is 0.803. The van der Waals surface area contributed by atoms with Gasteiger partial charge in [-0.2, -0.15) is 4.99 Å². The monoisotopic (exact) mass is 247 g/mol. The van der Waals surface area contributed by atoms with E-state index in [4.69, 9.17) is 15.9 Å². The number of carbonyl (C=O) groups excluding carboxylic acids is 1. The highest BCUT2D eigenvalue weighted by Gasteiger charge is 2.29. The van der Waals surface area contributed by atoms with E-state index >= 15 is 0 Å². The summed E-state index contributed by atoms with van der Waals surface area (Å²) in [6.45, 7) is 5.89. The summed E-state index contributed by atoms with van der Waals surface area (Å²) in [6, 6.07) is 9.04. The van der Waals surface area contributed by atoms with Gasteiger partial charge in [0.25, 0.3) is 0 Å². The average molecular weight is 247 g/mol. The lowest BCUT2D eigenvalue weighted by Gasteiger charge is -2.30. The molecule has 1 aromatic carbocycles. The van der Waals surface area contributed by atoms with Crippen LogP contribution in [0.3, 0.4) is 0 Å². The summed E-state index contributed by atoms with van der Waals surface area (Å²) in [7, 11) is 0. The van der Waals surface area contributed by atoms with Gasteiger partial charge >= 0.3 is 6.09 Å². The minimum Gasteiger partial charge on any atom is -0.441 e. The number of carbonyl (C=O) groups is 1. The molecule has 96 valence electrons. The third-order valence-electron chi connectivity index (χ3n) is 2.40. The second kappa shape index (κ2) is 5.47. The van der Waals surface area contributed by atoms with E-state index in [1.54, 1.807) is 24.3 Å². The Morgan fingerprint density at radius 2 is 1.94 bits per heavy atom. The number of primary amides is 1. The van der Waals surface area contributed by atoms with Crippen molar-refractivity contribution in [3.05, 3.63) is 29.8 Å². The summed E-state index contributed by atoms with van der Waals surface area (Å²) >= 11 is 0. The first kappa shape index (κ1) is 13.9. The molecule has 3 N–H and O–H groups in total. The lowest BCUT2D eigenvalue weighted by Crippen LogP contribution is -2.26. The molecule has 0 spiro atoms. The molecule has 0 saturated heterocycles. The van der Waals surface area contributed by atoms with Crippen molar-refractivity contribution in [2.75, 3.05) is 0 Å². The molecule has 0 saturated carbocycles. The van der Waals surface area contributed by atoms with Gasteiger partial charge in [0.15, 0.2) is 0 Å². The molecule has 5 nitrogen and oxygen atoms in total. The zero-order valence-electron chi connectivity index (χ0n) is 10.7. The first-order valence-corrected chi connectivity index (χ1v) is 5.53. The number of benzene rings is 1. The van der Waals surface area contributed by atoms with E-state index < -0.39 is 12.2 Å². The number of amides is 1. The van der Waals surface area contributed by atoms with Crippen molar-refractivity contribution in [2.24, 2.45) is 16.1 Å². The van der Waals surface area contributed by atoms with Gasteiger partial charge in [-0.25, -0.2) is 10.2 Å². The Morgan fingerprint density at radius 3 is 2.33 bits per heavy atom. The lowest BCUT2D eigenvalue weighted by molar-refractivity contribution is 0.0360. The van der Waals surface area contributed by atoms with Gasteiger partial charge in [0.1, 0.15) is 6.10 Å². The fourth-order valence-corrected chi connectivity index (χ4v) is 1.65. The van der Waals surface area contributed by atoms with Gasteiger partial charge in [0, 0.05) is 5.41 Å². The lowest BCUT2D eigenvalue weighted by atomic mass is 9.84. The summed E-state index contributed by atoms with van der Waals surface area (Å²) in [4.78, 5) is 14.7. The Hall–Kier alpha value is -2.13. The Kier molecular flexibility index (Phi) is 4.23. The van der Waals surface area contributed by atoms with Crippen molar-refractivity contribution >= 4 is 17.8 Å². The predicted molar refractivity (Wildman–Crippen MR) is 69.1 cm³/mol. The number of aliphatic imine (C=N–C) groups is 1. The van der Waals surface area contributed by atoms with Crippen molar-refractivity contribution in [1.29, 1.82) is 5.41 Å². The van der Waals surface area contributed by atoms with Crippen LogP contribution in [-0.4, -0.2) is 12.1 Å². The van der Waals surface area contributed by atoms with Crippen molar-refractivity contribution in [2.45, 2.75) is 26.9 Å². The zero-order valence-corrected chi connectivity index (χ0v) is 10.7. The predicted octanol–water partition coefficient (Wildman–Crippen LogP) is 3.25. The summed E-state index contributed by atoms with van der Waals surface area (Å²) in [5, 5.41) is 6.77. The molecule has 0 radical (unpaired) electrons. The molecule has 1 amide bonds. The number of hydrogen-bond donors (Lipinski definition) is 2. The fraction of sp³-hybridized carbons (Fsp3) is 0.385. The average Bonchev–Trinajstić information content (AvgIpc) is 2.26. The molecule has 18 heavy (non-hydrogen) atoms. The molecular formula is C13H17N3O2. The summed E-state index contributed by atoms with van der Waals surface area (Å²) < 4.78 is 5.16. The maximum Gasteiger partial charge on any atom is 0.405 e. The summed E-state index contributed by atoms with van der Waals surface area (Å²) in [5.74, 6) is 0. The maximum absolute atomic E-state index is 10.9. The first-order valence-electron chi connectivity index (χ1n) is 5.53. The third kappa shape index (κ3) is 3.71. The van der Waals surface area contributed by atoms with Crippen LogP contribution in [0.1, 0.15) is 32.4 Å². The molecule has 0 fully saturated rings. The van der Waals surface area contributed by atoms with Crippen molar-refractivity contribution in [3.63, 3.8) is 0 Å². The van der Waals surface area contributed by atoms with Crippen LogP contribution in [-0.2, 0) is 4.74 Å². The van der Waals surface area contributed by atoms with Gasteiger partial charge < -0.3 is 10.5 Å². The van der Waals surface area contributed by atoms with Crippen molar-refractivity contribution < 1.29 is 9.53 Å². The fourth-order valence-electron chi connectivity index (χ4n) is 1.65. The number of rotatable bonds is 3. The Balaban J connectivity index is 3.06. The van der Waals surface area contributed by atoms with E-state index in [1.165, 1.54) is 0 Å². The number of nitrogens with zero attached hydrogens (tertiary/aromatic N) is 1. The van der Waals surface area contributed by atoms with Crippen LogP contribution < -0.4 is 5.73 Å². The second-order valence-corrected chi connectivity index (χ2v) is 5.00. The molecule has 1 aromatic rings. The van der Waals surface area contributed by atoms with Crippen LogP contribution in [0.4, 0.5) is 10.5 Å². The van der Waals surface area contributed by atoms with Gasteiger partial charge in [-0.1, -0.05) is 32.9 Å². The van der Waals surface area contributed by atoms with E-state index in [2.05, 4.69) is 4.99 Å². The third-order valence-corrected chi connectivity index (χ3v) is 2.40. The molecule has 1 unspecified atom stereocenters. The van der Waals surface area contributed by atoms with E-state index in [-0.39, 0.29) is 5.41 Å². The van der Waals surface area contributed by atoms with Crippen molar-refractivity contribution in [3.8, 4) is 0 Å². The SMILES string of the molecule is CC(C)(C)C(OC(N)=O)c1ccc(N=C=N)cc1. The molecular weight excluding hydrogens is 230 g/mol. The zero-order chi connectivity index (χ0) is 13.8. The smallest absolute Gasteiger partial charge is 0.405 e. The minimum atomic E-state index is -0.795. The molecule has 5 heteroatoms. The van der Waals surface area contributed by atoms with Crippen LogP contribution in [0.15, 0.2) is 29.3 Å². The highest BCUT2D eigenvalue weighted by molar-refractivity contribution is 5.65. The van der Waals surface area contributed by atoms with Gasteiger partial charge in [-0.3, -0.25) is 0 Å². The molecule has 0 bridgehead atoms. The molecule has 1 rings (SSSR count). The molecule has 0 aliphatic carbocycles. The van der Waals surface area contributed by atoms with Gasteiger partial charge in [-0.05, 0) is 17.7 Å². The van der Waals surface area contributed by atoms with Gasteiger partial charge in [-0.15, -0.1) is 0 Å². The van der Waals surface area contributed by atoms with E-state index in [0.29, 0.717) is 5.69 Å². The van der Waals surface area contributed by atoms with Crippen LogP contribution in [0.25, 0.3) is 0 Å². The standard InChI is InChI=1S/C13H17N3O2/c1-13(2,3)11(18-12(15)17)9-4-6-10(7-5-9)16-8-14/h4-7,11,14H,1-3H3,(H2,15,17). The topological polar surface area (TPSA) is 88.5 Å². The highest BCUT2D eigenvalue weighted by Crippen LogP contribution is 2.36. The second-order valence-electron chi connectivity index (χ2n) is 5.00. The number of ether oxygens (including phenoxy) is 1. The van der Waals surface area contributed by atoms with E-state index in [1.807, 2.05) is 26.8 Å². The summed E-state index contributed by atoms with van der Waals surface area (Å²) in [5.41, 5.74) is 6.29. The Bertz CT molecular complexity index is 468. The number of nitrogens with one attached hydrogen (secondary N) is 1. The minimum absolute atomic E-state index is 0.263. The molecule has 0 heterocycles. The number of hydrogen-bond acceptors (Lipinski definition) is 4. The Labute approximate surface area is 106 Å². The van der Waals surface area contributed by atoms with E-state index in [9.17, 15) is 4.79 Å². The van der Waals surface area contributed by atoms with Crippen LogP contribution in [0.5, 0.6) is 0 Å². The Morgan fingerprint density at radius 1 is 1.39 bits per heavy atom. The number of nitrogens with two attached hydrogens (primary N) is 1. The molecule has 1 atom stereocenters. The van der Waals surface area contributed by atoms with Gasteiger partial charge in [0.2, 0.25) is 0 Å². The largest absolute Gasteiger partial charge is 0.441 e. The van der Waals surface area contributed by atoms with Gasteiger partial charge in [0.05, 0.1) is 11.7 Å². The normalized spacial score (nSPS) is 12.4. The molecule has 0 aliphatic heterocycles. The van der Waals surface area contributed by atoms with Crippen LogP contribution >= 0.6 is 0 Å². The summed E-state index contributed by atoms with van der Waals surface area (Å²) in [6.07, 6.45) is -1.22. The highest BCUT2D eigenvalue weighted by atomic mass is 16.6. The molecule has 0 aliphatic rings. The van der Waals surface area contributed by atoms with Crippen LogP contribution in [0.2, 0.25) is 0 Å². The molecule has 0 aromatic heterocycles.